The molecular formula is C11H11BrN2O3. The van der Waals surface area contributed by atoms with Gasteiger partial charge < -0.3 is 9.84 Å². The highest BCUT2D eigenvalue weighted by Crippen LogP contribution is 2.46. The number of fused-ring (bicyclic) bond motifs is 4. The highest BCUT2D eigenvalue weighted by Gasteiger charge is 2.43. The van der Waals surface area contributed by atoms with E-state index >= 15 is 0 Å². The highest BCUT2D eigenvalue weighted by atomic mass is 79.9. The number of amides is 1. The second-order valence-electron chi connectivity index (χ2n) is 4.37. The van der Waals surface area contributed by atoms with Gasteiger partial charge in [-0.2, -0.15) is 0 Å². The van der Waals surface area contributed by atoms with Gasteiger partial charge in [-0.1, -0.05) is 0 Å². The number of nitrogens with zero attached hydrogens (tertiary/aromatic N) is 2. The number of likely N-dealkylation sites (tertiary alicyclic amines) is 1. The summed E-state index contributed by atoms with van der Waals surface area (Å²) in [5.74, 6) is 0.752. The Kier molecular flexibility index (Phi) is 2.29. The van der Waals surface area contributed by atoms with E-state index in [-0.39, 0.29) is 12.1 Å². The molecule has 1 fully saturated rings. The molecule has 2 bridgehead atoms. The Bertz CT molecular complexity index is 506. The lowest BCUT2D eigenvalue weighted by atomic mass is 10.0. The van der Waals surface area contributed by atoms with Crippen LogP contribution in [-0.2, 0) is 0 Å². The molecule has 6 heteroatoms. The van der Waals surface area contributed by atoms with Crippen LogP contribution in [0.1, 0.15) is 23.7 Å². The summed E-state index contributed by atoms with van der Waals surface area (Å²) in [4.78, 5) is 16.8. The molecule has 3 heterocycles. The van der Waals surface area contributed by atoms with Gasteiger partial charge in [-0.05, 0) is 22.9 Å². The van der Waals surface area contributed by atoms with Crippen LogP contribution in [0.5, 0.6) is 5.75 Å². The standard InChI is InChI=1S/C11H11BrN2O3/c1-5-9(12)10-7(3-13-5)8-2-6(17-10)4-14(8)11(15)16/h3,6,8H,2,4H2,1H3,(H,15,16)/t6-,8-/m0/s1. The maximum atomic E-state index is 11.1. The number of hydrogen-bond acceptors (Lipinski definition) is 3. The molecule has 1 aromatic rings. The van der Waals surface area contributed by atoms with Gasteiger partial charge >= 0.3 is 6.09 Å². The Balaban J connectivity index is 2.11. The zero-order chi connectivity index (χ0) is 12.2. The van der Waals surface area contributed by atoms with Crippen LogP contribution in [-0.4, -0.2) is 33.7 Å². The van der Waals surface area contributed by atoms with Gasteiger partial charge in [0.15, 0.2) is 0 Å². The van der Waals surface area contributed by atoms with E-state index in [0.717, 1.165) is 27.9 Å². The first-order valence-corrected chi connectivity index (χ1v) is 6.18. The Morgan fingerprint density at radius 3 is 3.18 bits per heavy atom. The fourth-order valence-electron chi connectivity index (χ4n) is 2.49. The van der Waals surface area contributed by atoms with Crippen LogP contribution in [0.3, 0.4) is 0 Å². The third kappa shape index (κ3) is 1.50. The number of halogens is 1. The minimum atomic E-state index is -0.898. The minimum Gasteiger partial charge on any atom is -0.487 e. The molecule has 1 saturated heterocycles. The lowest BCUT2D eigenvalue weighted by Gasteiger charge is -2.26. The van der Waals surface area contributed by atoms with Crippen LogP contribution < -0.4 is 4.74 Å². The van der Waals surface area contributed by atoms with Gasteiger partial charge in [-0.25, -0.2) is 4.79 Å². The molecule has 3 rings (SSSR count). The third-order valence-electron chi connectivity index (χ3n) is 3.33. The molecule has 0 radical (unpaired) electrons. The molecule has 0 saturated carbocycles. The van der Waals surface area contributed by atoms with Crippen LogP contribution in [0.2, 0.25) is 0 Å². The van der Waals surface area contributed by atoms with Crippen molar-refractivity contribution in [1.82, 2.24) is 9.88 Å². The van der Waals surface area contributed by atoms with Crippen LogP contribution in [0.4, 0.5) is 4.79 Å². The van der Waals surface area contributed by atoms with Crippen LogP contribution in [0.15, 0.2) is 10.7 Å². The molecule has 90 valence electrons. The molecule has 0 unspecified atom stereocenters. The zero-order valence-electron chi connectivity index (χ0n) is 9.18. The lowest BCUT2D eigenvalue weighted by molar-refractivity contribution is 0.139. The van der Waals surface area contributed by atoms with Crippen molar-refractivity contribution in [3.05, 3.63) is 21.9 Å². The molecule has 1 N–H and O–H groups in total. The molecule has 17 heavy (non-hydrogen) atoms. The summed E-state index contributed by atoms with van der Waals surface area (Å²) < 4.78 is 6.65. The van der Waals surface area contributed by atoms with E-state index in [2.05, 4.69) is 20.9 Å². The Morgan fingerprint density at radius 2 is 2.47 bits per heavy atom. The average molecular weight is 299 g/mol. The Morgan fingerprint density at radius 1 is 1.71 bits per heavy atom. The zero-order valence-corrected chi connectivity index (χ0v) is 10.8. The monoisotopic (exact) mass is 298 g/mol. The van der Waals surface area contributed by atoms with E-state index in [1.165, 1.54) is 4.90 Å². The van der Waals surface area contributed by atoms with Gasteiger partial charge in [0.1, 0.15) is 11.9 Å². The maximum absolute atomic E-state index is 11.1. The largest absolute Gasteiger partial charge is 0.487 e. The molecular weight excluding hydrogens is 288 g/mol. The second kappa shape index (κ2) is 3.60. The molecule has 0 aliphatic carbocycles. The number of rotatable bonds is 0. The van der Waals surface area contributed by atoms with E-state index in [0.29, 0.717) is 6.54 Å². The average Bonchev–Trinajstić information content (AvgIpc) is 2.63. The number of hydrogen-bond donors (Lipinski definition) is 1. The summed E-state index contributed by atoms with van der Waals surface area (Å²) in [7, 11) is 0. The maximum Gasteiger partial charge on any atom is 0.407 e. The molecule has 1 aromatic heterocycles. The van der Waals surface area contributed by atoms with Crippen molar-refractivity contribution in [2.24, 2.45) is 0 Å². The molecule has 0 aromatic carbocycles. The van der Waals surface area contributed by atoms with E-state index < -0.39 is 6.09 Å². The summed E-state index contributed by atoms with van der Waals surface area (Å²) in [5.41, 5.74) is 1.71. The minimum absolute atomic E-state index is 0.0401. The van der Waals surface area contributed by atoms with Crippen molar-refractivity contribution < 1.29 is 14.6 Å². The summed E-state index contributed by atoms with van der Waals surface area (Å²) in [6.45, 7) is 2.32. The van der Waals surface area contributed by atoms with Gasteiger partial charge in [-0.15, -0.1) is 0 Å². The number of aromatic nitrogens is 1. The first kappa shape index (κ1) is 10.8. The highest BCUT2D eigenvalue weighted by molar-refractivity contribution is 9.10. The first-order valence-electron chi connectivity index (χ1n) is 5.39. The summed E-state index contributed by atoms with van der Waals surface area (Å²) in [5, 5.41) is 9.15. The van der Waals surface area contributed by atoms with Gasteiger partial charge in [0.05, 0.1) is 22.8 Å². The normalized spacial score (nSPS) is 25.4. The number of aryl methyl sites for hydroxylation is 1. The van der Waals surface area contributed by atoms with Crippen LogP contribution in [0, 0.1) is 6.92 Å². The molecule has 0 spiro atoms. The number of carbonyl (C=O) groups is 1. The Hall–Kier alpha value is -1.30. The van der Waals surface area contributed by atoms with E-state index in [9.17, 15) is 4.79 Å². The molecule has 2 atom stereocenters. The third-order valence-corrected chi connectivity index (χ3v) is 4.26. The molecule has 2 aliphatic rings. The first-order chi connectivity index (χ1) is 8.08. The van der Waals surface area contributed by atoms with Crippen LogP contribution in [0.25, 0.3) is 0 Å². The fraction of sp³-hybridized carbons (Fsp3) is 0.455. The van der Waals surface area contributed by atoms with Gasteiger partial charge in [0, 0.05) is 18.2 Å². The quantitative estimate of drug-likeness (QED) is 0.798. The predicted molar refractivity (Wildman–Crippen MR) is 63.2 cm³/mol. The van der Waals surface area contributed by atoms with Gasteiger partial charge in [0.25, 0.3) is 0 Å². The van der Waals surface area contributed by atoms with Gasteiger partial charge in [0.2, 0.25) is 0 Å². The van der Waals surface area contributed by atoms with Crippen molar-refractivity contribution in [2.75, 3.05) is 6.54 Å². The van der Waals surface area contributed by atoms with Crippen molar-refractivity contribution in [3.8, 4) is 5.75 Å². The second-order valence-corrected chi connectivity index (χ2v) is 5.16. The van der Waals surface area contributed by atoms with Crippen molar-refractivity contribution in [2.45, 2.75) is 25.5 Å². The summed E-state index contributed by atoms with van der Waals surface area (Å²) in [6.07, 6.45) is 1.50. The fourth-order valence-corrected chi connectivity index (χ4v) is 2.91. The SMILES string of the molecule is Cc1ncc2c(c1Br)O[C@H]1C[C@@H]2N(C(=O)O)C1. The van der Waals surface area contributed by atoms with E-state index in [1.54, 1.807) is 6.20 Å². The predicted octanol–water partition coefficient (Wildman–Crippen LogP) is 2.34. The van der Waals surface area contributed by atoms with Gasteiger partial charge in [-0.3, -0.25) is 9.88 Å². The van der Waals surface area contributed by atoms with Crippen molar-refractivity contribution in [3.63, 3.8) is 0 Å². The van der Waals surface area contributed by atoms with Crippen LogP contribution >= 0.6 is 15.9 Å². The lowest BCUT2D eigenvalue weighted by Crippen LogP contribution is -2.29. The summed E-state index contributed by atoms with van der Waals surface area (Å²) >= 11 is 3.45. The number of carboxylic acid groups (broad SMARTS) is 1. The molecule has 1 amide bonds. The molecule has 2 aliphatic heterocycles. The smallest absolute Gasteiger partial charge is 0.407 e. The topological polar surface area (TPSA) is 62.7 Å². The van der Waals surface area contributed by atoms with E-state index in [4.69, 9.17) is 9.84 Å². The number of ether oxygens (including phenoxy) is 1. The summed E-state index contributed by atoms with van der Waals surface area (Å²) in [6, 6.07) is -0.120. The van der Waals surface area contributed by atoms with Crippen molar-refractivity contribution in [1.29, 1.82) is 0 Å². The van der Waals surface area contributed by atoms with E-state index in [1.807, 2.05) is 6.92 Å². The Labute approximate surface area is 107 Å². The number of pyridine rings is 1. The van der Waals surface area contributed by atoms with Crippen molar-refractivity contribution >= 4 is 22.0 Å². The molecule has 5 nitrogen and oxygen atoms in total.